The molecule has 4 nitrogen and oxygen atoms in total. The third-order valence-corrected chi connectivity index (χ3v) is 7.56. The molecule has 0 aliphatic heterocycles. The van der Waals surface area contributed by atoms with Crippen molar-refractivity contribution in [2.24, 2.45) is 17.8 Å². The standard InChI is InChI=1S/C21H27NO3/c1-20-8-7-18-15(12-19(23)21(18,24)9-10-22)17(20)5-3-13-11-14(25-2)4-6-16(13)20/h4,6,11,15,17-19,23-24H,3,5,7-9,12H2,1-2H3. The number of methoxy groups -OCH3 is 1. The number of ether oxygens (including phenoxy) is 1. The van der Waals surface area contributed by atoms with Crippen molar-refractivity contribution < 1.29 is 14.9 Å². The van der Waals surface area contributed by atoms with Crippen molar-refractivity contribution >= 4 is 0 Å². The highest BCUT2D eigenvalue weighted by molar-refractivity contribution is 5.43. The van der Waals surface area contributed by atoms with Crippen LogP contribution in [0, 0.1) is 29.1 Å². The first-order valence-electron chi connectivity index (χ1n) is 9.39. The molecule has 4 rings (SSSR count). The summed E-state index contributed by atoms with van der Waals surface area (Å²) in [4.78, 5) is 0. The third-order valence-electron chi connectivity index (χ3n) is 7.56. The molecule has 0 radical (unpaired) electrons. The maximum atomic E-state index is 11.0. The van der Waals surface area contributed by atoms with Crippen LogP contribution in [0.15, 0.2) is 18.2 Å². The van der Waals surface area contributed by atoms with E-state index in [1.165, 1.54) is 11.1 Å². The van der Waals surface area contributed by atoms with Gasteiger partial charge >= 0.3 is 0 Å². The Labute approximate surface area is 149 Å². The largest absolute Gasteiger partial charge is 0.497 e. The molecule has 0 bridgehead atoms. The Hall–Kier alpha value is -1.57. The van der Waals surface area contributed by atoms with Gasteiger partial charge in [-0.1, -0.05) is 13.0 Å². The average Bonchev–Trinajstić information content (AvgIpc) is 2.85. The Morgan fingerprint density at radius 1 is 1.32 bits per heavy atom. The van der Waals surface area contributed by atoms with Crippen LogP contribution in [-0.4, -0.2) is 29.0 Å². The number of fused-ring (bicyclic) bond motifs is 5. The topological polar surface area (TPSA) is 73.5 Å². The Bertz CT molecular complexity index is 726. The fourth-order valence-electron chi connectivity index (χ4n) is 6.28. The lowest BCUT2D eigenvalue weighted by atomic mass is 9.52. The lowest BCUT2D eigenvalue weighted by Gasteiger charge is -2.53. The fraction of sp³-hybridized carbons (Fsp3) is 0.667. The first-order chi connectivity index (χ1) is 11.9. The van der Waals surface area contributed by atoms with Crippen molar-refractivity contribution in [3.63, 3.8) is 0 Å². The monoisotopic (exact) mass is 341 g/mol. The average molecular weight is 341 g/mol. The summed E-state index contributed by atoms with van der Waals surface area (Å²) >= 11 is 0. The van der Waals surface area contributed by atoms with Crippen molar-refractivity contribution in [2.75, 3.05) is 7.11 Å². The molecule has 3 aliphatic carbocycles. The van der Waals surface area contributed by atoms with Crippen LogP contribution in [0.3, 0.4) is 0 Å². The van der Waals surface area contributed by atoms with Gasteiger partial charge in [-0.3, -0.25) is 0 Å². The number of aliphatic hydroxyl groups excluding tert-OH is 1. The van der Waals surface area contributed by atoms with E-state index in [0.29, 0.717) is 18.3 Å². The normalized spacial score (nSPS) is 42.0. The zero-order valence-corrected chi connectivity index (χ0v) is 15.0. The molecule has 2 saturated carbocycles. The molecular weight excluding hydrogens is 314 g/mol. The summed E-state index contributed by atoms with van der Waals surface area (Å²) in [5, 5.41) is 30.7. The minimum atomic E-state index is -1.22. The molecular formula is C21H27NO3. The zero-order chi connectivity index (χ0) is 17.8. The quantitative estimate of drug-likeness (QED) is 0.867. The summed E-state index contributed by atoms with van der Waals surface area (Å²) < 4.78 is 5.39. The lowest BCUT2D eigenvalue weighted by Crippen LogP contribution is -2.51. The highest BCUT2D eigenvalue weighted by Gasteiger charge is 2.61. The van der Waals surface area contributed by atoms with Crippen LogP contribution < -0.4 is 4.74 Å². The molecule has 4 heteroatoms. The second-order valence-electron chi connectivity index (χ2n) is 8.47. The molecule has 25 heavy (non-hydrogen) atoms. The van der Waals surface area contributed by atoms with Crippen molar-refractivity contribution in [3.8, 4) is 11.8 Å². The molecule has 1 aromatic carbocycles. The Kier molecular flexibility index (Phi) is 3.86. The number of aryl methyl sites for hydroxylation is 1. The molecule has 6 atom stereocenters. The summed E-state index contributed by atoms with van der Waals surface area (Å²) in [5.74, 6) is 1.70. The van der Waals surface area contributed by atoms with Crippen LogP contribution in [-0.2, 0) is 11.8 Å². The summed E-state index contributed by atoms with van der Waals surface area (Å²) in [6, 6.07) is 8.53. The molecule has 0 heterocycles. The fourth-order valence-corrected chi connectivity index (χ4v) is 6.28. The number of nitriles is 1. The first-order valence-corrected chi connectivity index (χ1v) is 9.39. The second kappa shape index (κ2) is 5.72. The van der Waals surface area contributed by atoms with E-state index in [4.69, 9.17) is 10.00 Å². The molecule has 0 saturated heterocycles. The molecule has 2 N–H and O–H groups in total. The minimum absolute atomic E-state index is 0.0343. The summed E-state index contributed by atoms with van der Waals surface area (Å²) in [7, 11) is 1.70. The second-order valence-corrected chi connectivity index (χ2v) is 8.47. The molecule has 3 aliphatic rings. The number of rotatable bonds is 2. The van der Waals surface area contributed by atoms with Crippen LogP contribution in [0.2, 0.25) is 0 Å². The molecule has 1 aromatic rings. The van der Waals surface area contributed by atoms with Crippen LogP contribution in [0.5, 0.6) is 5.75 Å². The van der Waals surface area contributed by atoms with Gasteiger partial charge in [-0.15, -0.1) is 0 Å². The van der Waals surface area contributed by atoms with Crippen molar-refractivity contribution in [1.82, 2.24) is 0 Å². The van der Waals surface area contributed by atoms with Gasteiger partial charge < -0.3 is 14.9 Å². The number of benzene rings is 1. The Morgan fingerprint density at radius 3 is 2.84 bits per heavy atom. The Balaban J connectivity index is 1.71. The van der Waals surface area contributed by atoms with Gasteiger partial charge in [0.15, 0.2) is 0 Å². The smallest absolute Gasteiger partial charge is 0.119 e. The van der Waals surface area contributed by atoms with E-state index in [2.05, 4.69) is 25.1 Å². The van der Waals surface area contributed by atoms with Crippen LogP contribution in [0.1, 0.15) is 50.2 Å². The van der Waals surface area contributed by atoms with Gasteiger partial charge in [-0.2, -0.15) is 5.26 Å². The van der Waals surface area contributed by atoms with Gasteiger partial charge in [0.25, 0.3) is 0 Å². The summed E-state index contributed by atoms with van der Waals surface area (Å²) in [5.41, 5.74) is 1.65. The summed E-state index contributed by atoms with van der Waals surface area (Å²) in [6.07, 6.45) is 3.84. The van der Waals surface area contributed by atoms with Gasteiger partial charge in [0.05, 0.1) is 25.7 Å². The minimum Gasteiger partial charge on any atom is -0.497 e. The lowest BCUT2D eigenvalue weighted by molar-refractivity contribution is -0.0939. The molecule has 0 spiro atoms. The van der Waals surface area contributed by atoms with E-state index in [9.17, 15) is 10.2 Å². The summed E-state index contributed by atoms with van der Waals surface area (Å²) in [6.45, 7) is 2.35. The molecule has 0 amide bonds. The number of hydrogen-bond donors (Lipinski definition) is 2. The van der Waals surface area contributed by atoms with Gasteiger partial charge in [-0.25, -0.2) is 0 Å². The van der Waals surface area contributed by atoms with Gasteiger partial charge in [0.2, 0.25) is 0 Å². The van der Waals surface area contributed by atoms with Crippen molar-refractivity contribution in [3.05, 3.63) is 29.3 Å². The van der Waals surface area contributed by atoms with E-state index < -0.39 is 11.7 Å². The Morgan fingerprint density at radius 2 is 2.12 bits per heavy atom. The van der Waals surface area contributed by atoms with Gasteiger partial charge in [-0.05, 0) is 78.5 Å². The zero-order valence-electron chi connectivity index (χ0n) is 15.0. The van der Waals surface area contributed by atoms with Gasteiger partial charge in [0, 0.05) is 0 Å². The van der Waals surface area contributed by atoms with Crippen LogP contribution in [0.4, 0.5) is 0 Å². The first kappa shape index (κ1) is 16.9. The molecule has 6 unspecified atom stereocenters. The van der Waals surface area contributed by atoms with Crippen molar-refractivity contribution in [1.29, 1.82) is 5.26 Å². The number of hydrogen-bond acceptors (Lipinski definition) is 4. The SMILES string of the molecule is COc1ccc2c(c1)CCC1C3CC(O)C(O)(CC#N)C3CCC21C. The number of nitrogens with zero attached hydrogens (tertiary/aromatic N) is 1. The van der Waals surface area contributed by atoms with E-state index in [1.807, 2.05) is 6.07 Å². The predicted octanol–water partition coefficient (Wildman–Crippen LogP) is 2.95. The van der Waals surface area contributed by atoms with E-state index >= 15 is 0 Å². The maximum absolute atomic E-state index is 11.0. The van der Waals surface area contributed by atoms with Crippen molar-refractivity contribution in [2.45, 2.75) is 62.6 Å². The third kappa shape index (κ3) is 2.26. The molecule has 2 fully saturated rings. The van der Waals surface area contributed by atoms with E-state index in [0.717, 1.165) is 31.4 Å². The van der Waals surface area contributed by atoms with E-state index in [-0.39, 0.29) is 17.8 Å². The molecule has 134 valence electrons. The highest BCUT2D eigenvalue weighted by Crippen LogP contribution is 2.61. The van der Waals surface area contributed by atoms with Crippen LogP contribution >= 0.6 is 0 Å². The maximum Gasteiger partial charge on any atom is 0.119 e. The van der Waals surface area contributed by atoms with E-state index in [1.54, 1.807) is 7.11 Å². The predicted molar refractivity (Wildman–Crippen MR) is 94.2 cm³/mol. The molecule has 0 aromatic heterocycles. The highest BCUT2D eigenvalue weighted by atomic mass is 16.5. The van der Waals surface area contributed by atoms with Gasteiger partial charge in [0.1, 0.15) is 11.4 Å². The van der Waals surface area contributed by atoms with Crippen LogP contribution in [0.25, 0.3) is 0 Å². The number of aliphatic hydroxyl groups is 2.